The number of rotatable bonds is 9. The molecule has 0 aliphatic carbocycles. The van der Waals surface area contributed by atoms with E-state index in [9.17, 15) is 0 Å². The fraction of sp³-hybridized carbons (Fsp3) is 1.00. The van der Waals surface area contributed by atoms with Gasteiger partial charge in [0.05, 0.1) is 6.10 Å². The Morgan fingerprint density at radius 2 is 1.29 bits per heavy atom. The topological polar surface area (TPSA) is 9.23 Å². The van der Waals surface area contributed by atoms with Crippen LogP contribution < -0.4 is 0 Å². The molecule has 0 aromatic rings. The Morgan fingerprint density at radius 1 is 0.810 bits per heavy atom. The Hall–Kier alpha value is -0.0400. The van der Waals surface area contributed by atoms with Gasteiger partial charge < -0.3 is 4.74 Å². The van der Waals surface area contributed by atoms with E-state index in [0.29, 0.717) is 23.4 Å². The van der Waals surface area contributed by atoms with Crippen LogP contribution in [0.3, 0.4) is 0 Å². The second kappa shape index (κ2) is 13.6. The van der Waals surface area contributed by atoms with Gasteiger partial charge in [-0.15, -0.1) is 0 Å². The van der Waals surface area contributed by atoms with Crippen LogP contribution in [0.1, 0.15) is 101 Å². The summed E-state index contributed by atoms with van der Waals surface area (Å²) in [5, 5.41) is 0. The number of ether oxygens (including phenoxy) is 1. The number of hydrogen-bond donors (Lipinski definition) is 0. The van der Waals surface area contributed by atoms with Gasteiger partial charge in [0.15, 0.2) is 0 Å². The molecule has 2 unspecified atom stereocenters. The van der Waals surface area contributed by atoms with E-state index >= 15 is 0 Å². The highest BCUT2D eigenvalue weighted by Crippen LogP contribution is 2.22. The third-order valence-corrected chi connectivity index (χ3v) is 4.22. The fourth-order valence-electron chi connectivity index (χ4n) is 2.47. The molecule has 0 aromatic carbocycles. The van der Waals surface area contributed by atoms with Crippen molar-refractivity contribution in [3.05, 3.63) is 0 Å². The largest absolute Gasteiger partial charge is 0.378 e. The van der Waals surface area contributed by atoms with Crippen molar-refractivity contribution in [3.63, 3.8) is 0 Å². The van der Waals surface area contributed by atoms with Crippen LogP contribution in [0.15, 0.2) is 0 Å². The normalized spacial score (nSPS) is 15.9. The summed E-state index contributed by atoms with van der Waals surface area (Å²) in [6.07, 6.45) is 7.99. The van der Waals surface area contributed by atoms with Crippen LogP contribution in [0.5, 0.6) is 0 Å². The number of unbranched alkanes of at least 4 members (excludes halogenated alkanes) is 1. The van der Waals surface area contributed by atoms with Crippen molar-refractivity contribution in [3.8, 4) is 0 Å². The maximum absolute atomic E-state index is 5.99. The first-order valence-electron chi connectivity index (χ1n) is 9.34. The molecule has 21 heavy (non-hydrogen) atoms. The fourth-order valence-corrected chi connectivity index (χ4v) is 2.47. The van der Waals surface area contributed by atoms with Gasteiger partial charge in [-0.2, -0.15) is 0 Å². The third kappa shape index (κ3) is 14.7. The van der Waals surface area contributed by atoms with Gasteiger partial charge in [-0.05, 0) is 30.1 Å². The van der Waals surface area contributed by atoms with Crippen LogP contribution in [-0.2, 0) is 4.74 Å². The smallest absolute Gasteiger partial charge is 0.0625 e. The molecule has 0 saturated carbocycles. The summed E-state index contributed by atoms with van der Waals surface area (Å²) in [5.41, 5.74) is 0.550. The van der Waals surface area contributed by atoms with Crippen LogP contribution in [-0.4, -0.2) is 12.7 Å². The van der Waals surface area contributed by atoms with Gasteiger partial charge in [0.1, 0.15) is 0 Å². The molecule has 0 heterocycles. The standard InChI is InChI=1S/C13H28O.C7H16/c1-6-9-10-14-13(11(4)7-2)12(5)8-3;1-5-6-7(2,3)4/h11-13H,6-10H2,1-5H3;5-6H2,1-4H3. The van der Waals surface area contributed by atoms with E-state index in [4.69, 9.17) is 4.74 Å². The van der Waals surface area contributed by atoms with E-state index in [0.717, 1.165) is 6.61 Å². The highest BCUT2D eigenvalue weighted by molar-refractivity contribution is 4.71. The Balaban J connectivity index is 0. The Labute approximate surface area is 136 Å². The SMILES string of the molecule is CCCC(C)(C)C.CCCCOC(C(C)CC)C(C)CC. The third-order valence-electron chi connectivity index (χ3n) is 4.22. The molecular weight excluding hydrogens is 256 g/mol. The quantitative estimate of drug-likeness (QED) is 0.413. The highest BCUT2D eigenvalue weighted by atomic mass is 16.5. The van der Waals surface area contributed by atoms with Crippen molar-refractivity contribution in [1.29, 1.82) is 0 Å². The minimum atomic E-state index is 0.469. The molecule has 0 radical (unpaired) electrons. The molecule has 0 fully saturated rings. The Kier molecular flexibility index (Phi) is 15.1. The van der Waals surface area contributed by atoms with Crippen LogP contribution in [0.4, 0.5) is 0 Å². The summed E-state index contributed by atoms with van der Waals surface area (Å²) in [6, 6.07) is 0. The van der Waals surface area contributed by atoms with Crippen molar-refractivity contribution in [2.75, 3.05) is 6.61 Å². The first-order valence-corrected chi connectivity index (χ1v) is 9.34. The van der Waals surface area contributed by atoms with Crippen molar-refractivity contribution < 1.29 is 4.74 Å². The monoisotopic (exact) mass is 300 g/mol. The van der Waals surface area contributed by atoms with Crippen molar-refractivity contribution in [2.45, 2.75) is 107 Å². The van der Waals surface area contributed by atoms with Crippen LogP contribution >= 0.6 is 0 Å². The zero-order chi connectivity index (χ0) is 16.9. The molecule has 1 nitrogen and oxygen atoms in total. The summed E-state index contributed by atoms with van der Waals surface area (Å²) in [5.74, 6) is 1.39. The van der Waals surface area contributed by atoms with E-state index < -0.39 is 0 Å². The van der Waals surface area contributed by atoms with Crippen molar-refractivity contribution >= 4 is 0 Å². The summed E-state index contributed by atoms with van der Waals surface area (Å²) in [6.45, 7) is 21.3. The zero-order valence-corrected chi connectivity index (χ0v) is 16.6. The molecule has 0 aromatic heterocycles. The first-order chi connectivity index (χ1) is 9.73. The van der Waals surface area contributed by atoms with E-state index in [2.05, 4.69) is 62.3 Å². The summed E-state index contributed by atoms with van der Waals surface area (Å²) < 4.78 is 5.99. The minimum absolute atomic E-state index is 0.469. The molecule has 0 N–H and O–H groups in total. The molecule has 0 amide bonds. The Bertz CT molecular complexity index is 194. The average Bonchev–Trinajstić information content (AvgIpc) is 2.41. The molecule has 130 valence electrons. The predicted molar refractivity (Wildman–Crippen MR) is 97.9 cm³/mol. The second-order valence-electron chi connectivity index (χ2n) is 7.77. The molecule has 0 aliphatic rings. The molecule has 0 bridgehead atoms. The van der Waals surface area contributed by atoms with E-state index in [1.807, 2.05) is 0 Å². The highest BCUT2D eigenvalue weighted by Gasteiger charge is 2.21. The lowest BCUT2D eigenvalue weighted by Gasteiger charge is -2.28. The molecule has 0 saturated heterocycles. The van der Waals surface area contributed by atoms with Gasteiger partial charge in [-0.25, -0.2) is 0 Å². The van der Waals surface area contributed by atoms with E-state index in [1.54, 1.807) is 0 Å². The van der Waals surface area contributed by atoms with Gasteiger partial charge in [0, 0.05) is 6.61 Å². The Morgan fingerprint density at radius 3 is 1.52 bits per heavy atom. The molecule has 0 rings (SSSR count). The maximum atomic E-state index is 5.99. The zero-order valence-electron chi connectivity index (χ0n) is 16.6. The molecule has 2 atom stereocenters. The van der Waals surface area contributed by atoms with Gasteiger partial charge in [0.25, 0.3) is 0 Å². The second-order valence-corrected chi connectivity index (χ2v) is 7.77. The summed E-state index contributed by atoms with van der Waals surface area (Å²) in [7, 11) is 0. The minimum Gasteiger partial charge on any atom is -0.378 e. The lowest BCUT2D eigenvalue weighted by atomic mass is 9.90. The lowest BCUT2D eigenvalue weighted by Crippen LogP contribution is -2.29. The first kappa shape index (κ1) is 23.2. The van der Waals surface area contributed by atoms with Crippen LogP contribution in [0.25, 0.3) is 0 Å². The van der Waals surface area contributed by atoms with Crippen molar-refractivity contribution in [2.24, 2.45) is 17.3 Å². The van der Waals surface area contributed by atoms with Crippen LogP contribution in [0.2, 0.25) is 0 Å². The van der Waals surface area contributed by atoms with Crippen molar-refractivity contribution in [1.82, 2.24) is 0 Å². The molecule has 0 spiro atoms. The van der Waals surface area contributed by atoms with E-state index in [-0.39, 0.29) is 0 Å². The van der Waals surface area contributed by atoms with Gasteiger partial charge >= 0.3 is 0 Å². The molecule has 1 heteroatoms. The molecule has 0 aliphatic heterocycles. The van der Waals surface area contributed by atoms with Gasteiger partial charge in [-0.1, -0.05) is 88.0 Å². The van der Waals surface area contributed by atoms with Gasteiger partial charge in [-0.3, -0.25) is 0 Å². The number of hydrogen-bond acceptors (Lipinski definition) is 1. The maximum Gasteiger partial charge on any atom is 0.0625 e. The lowest BCUT2D eigenvalue weighted by molar-refractivity contribution is -0.0206. The van der Waals surface area contributed by atoms with E-state index in [1.165, 1.54) is 38.5 Å². The van der Waals surface area contributed by atoms with Gasteiger partial charge in [0.2, 0.25) is 0 Å². The summed E-state index contributed by atoms with van der Waals surface area (Å²) >= 11 is 0. The molecular formula is C20H44O. The predicted octanol–water partition coefficient (Wildman–Crippen LogP) is 7.10. The summed E-state index contributed by atoms with van der Waals surface area (Å²) in [4.78, 5) is 0. The van der Waals surface area contributed by atoms with Crippen LogP contribution in [0, 0.1) is 17.3 Å². The average molecular weight is 301 g/mol.